The van der Waals surface area contributed by atoms with Crippen LogP contribution in [-0.4, -0.2) is 33.5 Å². The number of benzene rings is 1. The maximum atomic E-state index is 13.3. The first kappa shape index (κ1) is 22.5. The Balaban J connectivity index is 2.13. The first-order valence-corrected chi connectivity index (χ1v) is 10.6. The van der Waals surface area contributed by atoms with Gasteiger partial charge >= 0.3 is 6.18 Å². The van der Waals surface area contributed by atoms with Gasteiger partial charge in [0, 0.05) is 30.7 Å². The van der Waals surface area contributed by atoms with Gasteiger partial charge in [-0.3, -0.25) is 4.79 Å². The Hall–Kier alpha value is -1.81. The van der Waals surface area contributed by atoms with Gasteiger partial charge in [-0.25, -0.2) is 13.6 Å². The number of rotatable bonds is 5. The van der Waals surface area contributed by atoms with E-state index >= 15 is 0 Å². The van der Waals surface area contributed by atoms with E-state index in [4.69, 9.17) is 5.14 Å². The Kier molecular flexibility index (Phi) is 6.65. The van der Waals surface area contributed by atoms with Gasteiger partial charge in [0.1, 0.15) is 0 Å². The highest BCUT2D eigenvalue weighted by Crippen LogP contribution is 2.37. The van der Waals surface area contributed by atoms with Crippen molar-refractivity contribution in [1.82, 2.24) is 5.32 Å². The lowest BCUT2D eigenvalue weighted by atomic mass is 9.94. The molecule has 0 radical (unpaired) electrons. The fraction of sp³-hybridized carbons (Fsp3) is 0.611. The quantitative estimate of drug-likeness (QED) is 0.765. The molecule has 0 spiro atoms. The molecule has 1 atom stereocenters. The number of hydrogen-bond acceptors (Lipinski definition) is 4. The van der Waals surface area contributed by atoms with Crippen molar-refractivity contribution < 1.29 is 26.4 Å². The average molecular weight is 421 g/mol. The topological polar surface area (TPSA) is 92.5 Å². The van der Waals surface area contributed by atoms with E-state index < -0.39 is 26.7 Å². The minimum absolute atomic E-state index is 0.0404. The van der Waals surface area contributed by atoms with Crippen molar-refractivity contribution in [1.29, 1.82) is 0 Å². The summed E-state index contributed by atoms with van der Waals surface area (Å²) in [6, 6.07) is 3.05. The third-order valence-corrected chi connectivity index (χ3v) is 6.14. The van der Waals surface area contributed by atoms with Crippen LogP contribution < -0.4 is 15.4 Å². The van der Waals surface area contributed by atoms with Gasteiger partial charge in [0.25, 0.3) is 0 Å². The molecule has 158 valence electrons. The minimum Gasteiger partial charge on any atom is -0.371 e. The number of nitrogens with one attached hydrogen (secondary N) is 1. The maximum Gasteiger partial charge on any atom is 0.417 e. The molecule has 6 nitrogen and oxygen atoms in total. The number of anilines is 1. The molecule has 0 aromatic heterocycles. The average Bonchev–Trinajstić information content (AvgIpc) is 2.59. The molecule has 1 aliphatic heterocycles. The van der Waals surface area contributed by atoms with Crippen LogP contribution in [-0.2, 0) is 21.0 Å². The van der Waals surface area contributed by atoms with Crippen LogP contribution in [0.2, 0.25) is 0 Å². The molecule has 1 saturated heterocycles. The third kappa shape index (κ3) is 5.38. The summed E-state index contributed by atoms with van der Waals surface area (Å²) in [7, 11) is -4.49. The summed E-state index contributed by atoms with van der Waals surface area (Å²) in [6.07, 6.45) is -3.83. The molecule has 1 heterocycles. The number of alkyl halides is 3. The summed E-state index contributed by atoms with van der Waals surface area (Å²) in [4.78, 5) is 13.1. The summed E-state index contributed by atoms with van der Waals surface area (Å²) >= 11 is 0. The van der Waals surface area contributed by atoms with Crippen molar-refractivity contribution >= 4 is 21.6 Å². The lowest BCUT2D eigenvalue weighted by Crippen LogP contribution is -2.44. The zero-order chi connectivity index (χ0) is 21.3. The van der Waals surface area contributed by atoms with Crippen molar-refractivity contribution in [3.05, 3.63) is 23.8 Å². The molecule has 1 fully saturated rings. The second-order valence-electron chi connectivity index (χ2n) is 7.53. The lowest BCUT2D eigenvalue weighted by molar-refractivity contribution is -0.139. The molecule has 3 N–H and O–H groups in total. The van der Waals surface area contributed by atoms with Crippen molar-refractivity contribution in [2.75, 3.05) is 18.0 Å². The van der Waals surface area contributed by atoms with Crippen LogP contribution in [0.4, 0.5) is 18.9 Å². The number of halogens is 3. The summed E-state index contributed by atoms with van der Waals surface area (Å²) in [6.45, 7) is 6.76. The summed E-state index contributed by atoms with van der Waals surface area (Å²) in [5.74, 6) is 0.0757. The Morgan fingerprint density at radius 3 is 2.25 bits per heavy atom. The summed E-state index contributed by atoms with van der Waals surface area (Å²) in [5, 5.41) is 7.88. The summed E-state index contributed by atoms with van der Waals surface area (Å²) < 4.78 is 62.8. The third-order valence-electron chi connectivity index (χ3n) is 5.18. The van der Waals surface area contributed by atoms with Gasteiger partial charge in [0.15, 0.2) is 0 Å². The van der Waals surface area contributed by atoms with Crippen LogP contribution in [0.1, 0.15) is 39.2 Å². The molecule has 2 rings (SSSR count). The van der Waals surface area contributed by atoms with Gasteiger partial charge in [-0.2, -0.15) is 13.2 Å². The zero-order valence-corrected chi connectivity index (χ0v) is 16.9. The first-order chi connectivity index (χ1) is 12.8. The number of carbonyl (C=O) groups is 1. The normalized spacial score (nSPS) is 17.6. The predicted octanol–water partition coefficient (Wildman–Crippen LogP) is 2.73. The van der Waals surface area contributed by atoms with Crippen molar-refractivity contribution in [2.24, 2.45) is 17.0 Å². The van der Waals surface area contributed by atoms with Gasteiger partial charge in [-0.15, -0.1) is 0 Å². The number of carbonyl (C=O) groups excluding carboxylic acids is 1. The monoisotopic (exact) mass is 421 g/mol. The Bertz CT molecular complexity index is 817. The van der Waals surface area contributed by atoms with E-state index in [0.717, 1.165) is 12.1 Å². The summed E-state index contributed by atoms with van der Waals surface area (Å²) in [5.41, 5.74) is -1.02. The molecule has 1 amide bonds. The second-order valence-corrected chi connectivity index (χ2v) is 9.06. The van der Waals surface area contributed by atoms with Crippen molar-refractivity contribution in [3.63, 3.8) is 0 Å². The van der Waals surface area contributed by atoms with Gasteiger partial charge < -0.3 is 10.2 Å². The number of sulfonamides is 1. The second kappa shape index (κ2) is 8.28. The molecule has 1 aromatic carbocycles. The molecule has 0 aliphatic carbocycles. The smallest absolute Gasteiger partial charge is 0.371 e. The molecule has 10 heteroatoms. The number of nitrogens with zero attached hydrogens (tertiary/aromatic N) is 1. The number of amides is 1. The van der Waals surface area contributed by atoms with Crippen LogP contribution in [0.15, 0.2) is 23.1 Å². The predicted molar refractivity (Wildman–Crippen MR) is 100 cm³/mol. The van der Waals surface area contributed by atoms with E-state index in [0.29, 0.717) is 31.8 Å². The van der Waals surface area contributed by atoms with E-state index in [1.165, 1.54) is 6.07 Å². The molecule has 28 heavy (non-hydrogen) atoms. The molecule has 1 aromatic rings. The number of piperidine rings is 1. The van der Waals surface area contributed by atoms with Gasteiger partial charge in [-0.05, 0) is 43.9 Å². The van der Waals surface area contributed by atoms with Crippen LogP contribution in [0, 0.1) is 11.8 Å². The highest BCUT2D eigenvalue weighted by molar-refractivity contribution is 7.89. The standard InChI is InChI=1S/C18H26F3N3O3S/c1-11(2)12(3)23-17(25)13-6-8-24(9-7-13)14-4-5-16(28(22,26)27)15(10-14)18(19,20)21/h4-5,10-13H,6-9H2,1-3H3,(H,23,25)(H2,22,26,27). The largest absolute Gasteiger partial charge is 0.417 e. The van der Waals surface area contributed by atoms with Crippen molar-refractivity contribution in [3.8, 4) is 0 Å². The van der Waals surface area contributed by atoms with Crippen LogP contribution >= 0.6 is 0 Å². The Labute approximate surface area is 163 Å². The fourth-order valence-corrected chi connectivity index (χ4v) is 3.83. The van der Waals surface area contributed by atoms with E-state index in [1.54, 1.807) is 4.90 Å². The maximum absolute atomic E-state index is 13.3. The molecule has 0 saturated carbocycles. The Morgan fingerprint density at radius 1 is 1.21 bits per heavy atom. The SMILES string of the molecule is CC(C)C(C)NC(=O)C1CCN(c2ccc(S(N)(=O)=O)c(C(F)(F)F)c2)CC1. The zero-order valence-electron chi connectivity index (χ0n) is 16.1. The fourth-order valence-electron chi connectivity index (χ4n) is 3.09. The highest BCUT2D eigenvalue weighted by atomic mass is 32.2. The molecular weight excluding hydrogens is 395 g/mol. The molecule has 1 unspecified atom stereocenters. The van der Waals surface area contributed by atoms with E-state index in [-0.39, 0.29) is 23.6 Å². The number of primary sulfonamides is 1. The molecule has 1 aliphatic rings. The molecular formula is C18H26F3N3O3S. The van der Waals surface area contributed by atoms with Crippen LogP contribution in [0.25, 0.3) is 0 Å². The van der Waals surface area contributed by atoms with Gasteiger partial charge in [0.2, 0.25) is 15.9 Å². The highest BCUT2D eigenvalue weighted by Gasteiger charge is 2.37. The van der Waals surface area contributed by atoms with E-state index in [9.17, 15) is 26.4 Å². The lowest BCUT2D eigenvalue weighted by Gasteiger charge is -2.34. The Morgan fingerprint density at radius 2 is 1.79 bits per heavy atom. The van der Waals surface area contributed by atoms with Crippen LogP contribution in [0.5, 0.6) is 0 Å². The number of nitrogens with two attached hydrogens (primary N) is 1. The van der Waals surface area contributed by atoms with Crippen molar-refractivity contribution in [2.45, 2.75) is 50.7 Å². The van der Waals surface area contributed by atoms with Gasteiger partial charge in [0.05, 0.1) is 10.5 Å². The first-order valence-electron chi connectivity index (χ1n) is 9.10. The van der Waals surface area contributed by atoms with E-state index in [1.807, 2.05) is 20.8 Å². The molecule has 0 bridgehead atoms. The van der Waals surface area contributed by atoms with Gasteiger partial charge in [-0.1, -0.05) is 13.8 Å². The van der Waals surface area contributed by atoms with E-state index in [2.05, 4.69) is 5.32 Å². The number of hydrogen-bond donors (Lipinski definition) is 2. The minimum atomic E-state index is -4.84. The van der Waals surface area contributed by atoms with Crippen LogP contribution in [0.3, 0.4) is 0 Å².